The summed E-state index contributed by atoms with van der Waals surface area (Å²) in [5.74, 6) is 0. The third-order valence-corrected chi connectivity index (χ3v) is 3.67. The van der Waals surface area contributed by atoms with E-state index in [4.69, 9.17) is 5.73 Å². The molecule has 0 saturated heterocycles. The number of hydrogen-bond donors (Lipinski definition) is 2. The zero-order valence-electron chi connectivity index (χ0n) is 10.1. The van der Waals surface area contributed by atoms with Gasteiger partial charge in [-0.15, -0.1) is 0 Å². The summed E-state index contributed by atoms with van der Waals surface area (Å²) in [6.45, 7) is 6.31. The van der Waals surface area contributed by atoms with E-state index in [0.717, 1.165) is 10.0 Å². The predicted octanol–water partition coefficient (Wildman–Crippen LogP) is 2.73. The summed E-state index contributed by atoms with van der Waals surface area (Å²) >= 11 is 3.39. The second-order valence-electron chi connectivity index (χ2n) is 5.29. The fraction of sp³-hybridized carbons (Fsp3) is 0.538. The van der Waals surface area contributed by atoms with Crippen LogP contribution < -0.4 is 5.73 Å². The number of aliphatic hydroxyl groups is 1. The second-order valence-corrected chi connectivity index (χ2v) is 6.20. The highest BCUT2D eigenvalue weighted by Crippen LogP contribution is 2.32. The third kappa shape index (κ3) is 3.06. The minimum atomic E-state index is -0.860. The molecule has 0 radical (unpaired) electrons. The van der Waals surface area contributed by atoms with Crippen LogP contribution in [-0.2, 0) is 6.42 Å². The highest BCUT2D eigenvalue weighted by atomic mass is 79.9. The molecule has 1 aromatic carbocycles. The first kappa shape index (κ1) is 13.7. The number of benzene rings is 1. The number of hydrogen-bond acceptors (Lipinski definition) is 2. The molecule has 1 aromatic rings. The highest BCUT2D eigenvalue weighted by Gasteiger charge is 2.38. The Bertz CT molecular complexity index is 342. The molecular weight excluding hydrogens is 266 g/mol. The maximum Gasteiger partial charge on any atom is 0.0857 e. The van der Waals surface area contributed by atoms with Gasteiger partial charge < -0.3 is 10.8 Å². The number of nitrogens with two attached hydrogens (primary N) is 1. The molecule has 0 fully saturated rings. The Morgan fingerprint density at radius 1 is 1.19 bits per heavy atom. The molecule has 16 heavy (non-hydrogen) atoms. The van der Waals surface area contributed by atoms with Crippen molar-refractivity contribution in [2.75, 3.05) is 6.54 Å². The van der Waals surface area contributed by atoms with Crippen LogP contribution in [0.5, 0.6) is 0 Å². The maximum absolute atomic E-state index is 10.5. The minimum Gasteiger partial charge on any atom is -0.388 e. The van der Waals surface area contributed by atoms with Crippen LogP contribution in [-0.4, -0.2) is 17.3 Å². The van der Waals surface area contributed by atoms with E-state index in [1.165, 1.54) is 0 Å². The first-order valence-electron chi connectivity index (χ1n) is 5.45. The summed E-state index contributed by atoms with van der Waals surface area (Å²) in [7, 11) is 0. The van der Waals surface area contributed by atoms with Gasteiger partial charge in [-0.2, -0.15) is 0 Å². The number of halogens is 1. The van der Waals surface area contributed by atoms with Crippen LogP contribution in [0.1, 0.15) is 26.3 Å². The van der Waals surface area contributed by atoms with Crippen molar-refractivity contribution in [3.8, 4) is 0 Å². The zero-order chi connectivity index (χ0) is 12.4. The molecule has 1 rings (SSSR count). The molecule has 0 aliphatic heterocycles. The van der Waals surface area contributed by atoms with E-state index >= 15 is 0 Å². The van der Waals surface area contributed by atoms with Gasteiger partial charge >= 0.3 is 0 Å². The Balaban J connectivity index is 2.89. The fourth-order valence-corrected chi connectivity index (χ4v) is 1.85. The van der Waals surface area contributed by atoms with Gasteiger partial charge in [0, 0.05) is 17.4 Å². The van der Waals surface area contributed by atoms with Crippen molar-refractivity contribution < 1.29 is 5.11 Å². The molecule has 0 aliphatic carbocycles. The molecule has 2 nitrogen and oxygen atoms in total. The lowest BCUT2D eigenvalue weighted by atomic mass is 9.73. The molecule has 0 heterocycles. The van der Waals surface area contributed by atoms with Crippen LogP contribution >= 0.6 is 15.9 Å². The fourth-order valence-electron chi connectivity index (χ4n) is 1.58. The second kappa shape index (κ2) is 4.86. The van der Waals surface area contributed by atoms with Crippen molar-refractivity contribution in [1.82, 2.24) is 0 Å². The Morgan fingerprint density at radius 2 is 1.69 bits per heavy atom. The average molecular weight is 286 g/mol. The van der Waals surface area contributed by atoms with E-state index in [0.29, 0.717) is 6.42 Å². The van der Waals surface area contributed by atoms with Crippen molar-refractivity contribution in [2.24, 2.45) is 11.1 Å². The zero-order valence-corrected chi connectivity index (χ0v) is 11.7. The van der Waals surface area contributed by atoms with Crippen LogP contribution in [0.15, 0.2) is 28.7 Å². The smallest absolute Gasteiger partial charge is 0.0857 e. The normalized spacial score (nSPS) is 15.9. The van der Waals surface area contributed by atoms with Crippen LogP contribution in [0.3, 0.4) is 0 Å². The maximum atomic E-state index is 10.5. The van der Waals surface area contributed by atoms with Crippen LogP contribution in [0.25, 0.3) is 0 Å². The lowest BCUT2D eigenvalue weighted by Gasteiger charge is -2.39. The molecule has 0 aromatic heterocycles. The molecule has 3 N–H and O–H groups in total. The van der Waals surface area contributed by atoms with Gasteiger partial charge in [-0.25, -0.2) is 0 Å². The summed E-state index contributed by atoms with van der Waals surface area (Å²) < 4.78 is 1.04. The molecule has 3 heteroatoms. The van der Waals surface area contributed by atoms with Gasteiger partial charge in [-0.1, -0.05) is 48.8 Å². The summed E-state index contributed by atoms with van der Waals surface area (Å²) in [6, 6.07) is 7.98. The summed E-state index contributed by atoms with van der Waals surface area (Å²) in [5.41, 5.74) is 5.73. The predicted molar refractivity (Wildman–Crippen MR) is 71.3 cm³/mol. The van der Waals surface area contributed by atoms with Gasteiger partial charge in [0.1, 0.15) is 0 Å². The van der Waals surface area contributed by atoms with Crippen LogP contribution in [0.2, 0.25) is 0 Å². The van der Waals surface area contributed by atoms with Crippen molar-refractivity contribution in [3.05, 3.63) is 34.3 Å². The minimum absolute atomic E-state index is 0.227. The molecule has 90 valence electrons. The summed E-state index contributed by atoms with van der Waals surface area (Å²) in [4.78, 5) is 0. The van der Waals surface area contributed by atoms with Gasteiger partial charge in [0.25, 0.3) is 0 Å². The molecular formula is C13H20BrNO. The standard InChI is InChI=1S/C13H20BrNO/c1-12(2,3)13(16,9-15)8-10-4-6-11(14)7-5-10/h4-7,16H,8-9,15H2,1-3H3. The Morgan fingerprint density at radius 3 is 2.06 bits per heavy atom. The molecule has 0 amide bonds. The van der Waals surface area contributed by atoms with Crippen LogP contribution in [0, 0.1) is 5.41 Å². The van der Waals surface area contributed by atoms with E-state index in [9.17, 15) is 5.11 Å². The van der Waals surface area contributed by atoms with Gasteiger partial charge in [0.15, 0.2) is 0 Å². The summed E-state index contributed by atoms with van der Waals surface area (Å²) in [6.07, 6.45) is 0.584. The largest absolute Gasteiger partial charge is 0.388 e. The first-order chi connectivity index (χ1) is 7.28. The highest BCUT2D eigenvalue weighted by molar-refractivity contribution is 9.10. The quantitative estimate of drug-likeness (QED) is 0.897. The first-order valence-corrected chi connectivity index (χ1v) is 6.25. The number of rotatable bonds is 3. The molecule has 1 atom stereocenters. The molecule has 0 bridgehead atoms. The Labute approximate surface area is 106 Å². The lowest BCUT2D eigenvalue weighted by molar-refractivity contribution is -0.0490. The van der Waals surface area contributed by atoms with E-state index < -0.39 is 5.60 Å². The molecule has 0 aliphatic rings. The van der Waals surface area contributed by atoms with Gasteiger partial charge in [-0.3, -0.25) is 0 Å². The van der Waals surface area contributed by atoms with Gasteiger partial charge in [0.2, 0.25) is 0 Å². The third-order valence-electron chi connectivity index (χ3n) is 3.14. The lowest BCUT2D eigenvalue weighted by Crippen LogP contribution is -2.50. The van der Waals surface area contributed by atoms with E-state index in [2.05, 4.69) is 15.9 Å². The van der Waals surface area contributed by atoms with Crippen molar-refractivity contribution in [3.63, 3.8) is 0 Å². The van der Waals surface area contributed by atoms with E-state index in [1.54, 1.807) is 0 Å². The van der Waals surface area contributed by atoms with Crippen molar-refractivity contribution in [1.29, 1.82) is 0 Å². The van der Waals surface area contributed by atoms with Gasteiger partial charge in [-0.05, 0) is 23.1 Å². The summed E-state index contributed by atoms with van der Waals surface area (Å²) in [5, 5.41) is 10.5. The SMILES string of the molecule is CC(C)(C)C(O)(CN)Cc1ccc(Br)cc1. The molecule has 0 spiro atoms. The Kier molecular flexibility index (Phi) is 4.16. The van der Waals surface area contributed by atoms with Crippen molar-refractivity contribution >= 4 is 15.9 Å². The average Bonchev–Trinajstić information content (AvgIpc) is 2.19. The van der Waals surface area contributed by atoms with Crippen LogP contribution in [0.4, 0.5) is 0 Å². The van der Waals surface area contributed by atoms with E-state index in [1.807, 2.05) is 45.0 Å². The molecule has 0 saturated carbocycles. The Hall–Kier alpha value is -0.380. The monoisotopic (exact) mass is 285 g/mol. The van der Waals surface area contributed by atoms with Gasteiger partial charge in [0.05, 0.1) is 5.60 Å². The van der Waals surface area contributed by atoms with Crippen molar-refractivity contribution in [2.45, 2.75) is 32.8 Å². The molecule has 1 unspecified atom stereocenters. The van der Waals surface area contributed by atoms with E-state index in [-0.39, 0.29) is 12.0 Å². The topological polar surface area (TPSA) is 46.2 Å².